The molecule has 0 aromatic heterocycles. The van der Waals surface area contributed by atoms with E-state index in [1.54, 1.807) is 0 Å². The molecule has 98 valence electrons. The van der Waals surface area contributed by atoms with Gasteiger partial charge in [-0.05, 0) is 48.9 Å². The van der Waals surface area contributed by atoms with Crippen LogP contribution in [0.1, 0.15) is 28.9 Å². The van der Waals surface area contributed by atoms with E-state index in [4.69, 9.17) is 0 Å². The van der Waals surface area contributed by atoms with Crippen LogP contribution < -0.4 is 5.32 Å². The van der Waals surface area contributed by atoms with Crippen LogP contribution >= 0.6 is 15.9 Å². The number of carbonyl (C=O) groups excluding carboxylic acids is 1. The van der Waals surface area contributed by atoms with Crippen molar-refractivity contribution in [2.45, 2.75) is 13.0 Å². The number of hydrogen-bond acceptors (Lipinski definition) is 1. The van der Waals surface area contributed by atoms with Crippen LogP contribution in [-0.2, 0) is 0 Å². The van der Waals surface area contributed by atoms with Crippen LogP contribution in [0.2, 0.25) is 0 Å². The van der Waals surface area contributed by atoms with E-state index in [-0.39, 0.29) is 17.8 Å². The summed E-state index contributed by atoms with van der Waals surface area (Å²) in [6.07, 6.45) is 0. The summed E-state index contributed by atoms with van der Waals surface area (Å²) < 4.78 is 13.8. The minimum Gasteiger partial charge on any atom is -0.346 e. The van der Waals surface area contributed by atoms with E-state index < -0.39 is 0 Å². The van der Waals surface area contributed by atoms with Crippen molar-refractivity contribution in [3.05, 3.63) is 69.9 Å². The van der Waals surface area contributed by atoms with Crippen molar-refractivity contribution in [3.8, 4) is 0 Å². The van der Waals surface area contributed by atoms with Crippen LogP contribution in [-0.4, -0.2) is 5.91 Å². The summed E-state index contributed by atoms with van der Waals surface area (Å²) >= 11 is 3.37. The Bertz CT molecular complexity index is 566. The Balaban J connectivity index is 2.06. The predicted molar refractivity (Wildman–Crippen MR) is 76.4 cm³/mol. The van der Waals surface area contributed by atoms with E-state index in [0.29, 0.717) is 5.56 Å². The summed E-state index contributed by atoms with van der Waals surface area (Å²) in [5.74, 6) is -0.562. The summed E-state index contributed by atoms with van der Waals surface area (Å²) in [7, 11) is 0. The normalized spacial score (nSPS) is 11.9. The minimum absolute atomic E-state index is 0.106. The molecule has 0 spiro atoms. The van der Waals surface area contributed by atoms with Gasteiger partial charge in [0.15, 0.2) is 0 Å². The van der Waals surface area contributed by atoms with Crippen molar-refractivity contribution in [2.75, 3.05) is 0 Å². The second-order valence-electron chi connectivity index (χ2n) is 4.25. The first kappa shape index (κ1) is 13.7. The van der Waals surface area contributed by atoms with Crippen molar-refractivity contribution in [1.29, 1.82) is 0 Å². The lowest BCUT2D eigenvalue weighted by Crippen LogP contribution is -2.26. The number of hydrogen-bond donors (Lipinski definition) is 1. The van der Waals surface area contributed by atoms with Gasteiger partial charge in [-0.15, -0.1) is 0 Å². The molecule has 2 aromatic carbocycles. The largest absolute Gasteiger partial charge is 0.346 e. The Kier molecular flexibility index (Phi) is 4.32. The SMILES string of the molecule is C[C@@H](NC(=O)c1ccc(F)cc1)c1ccc(Br)cc1. The lowest BCUT2D eigenvalue weighted by atomic mass is 10.1. The number of nitrogens with one attached hydrogen (secondary N) is 1. The zero-order valence-electron chi connectivity index (χ0n) is 10.4. The second kappa shape index (κ2) is 5.97. The fourth-order valence-corrected chi connectivity index (χ4v) is 1.98. The lowest BCUT2D eigenvalue weighted by Gasteiger charge is -2.14. The molecule has 19 heavy (non-hydrogen) atoms. The van der Waals surface area contributed by atoms with Crippen molar-refractivity contribution in [3.63, 3.8) is 0 Å². The summed E-state index contributed by atoms with van der Waals surface area (Å²) in [4.78, 5) is 12.0. The van der Waals surface area contributed by atoms with Gasteiger partial charge in [0.05, 0.1) is 6.04 Å². The van der Waals surface area contributed by atoms with E-state index in [1.165, 1.54) is 24.3 Å². The quantitative estimate of drug-likeness (QED) is 0.906. The fourth-order valence-electron chi connectivity index (χ4n) is 1.72. The monoisotopic (exact) mass is 321 g/mol. The second-order valence-corrected chi connectivity index (χ2v) is 5.17. The van der Waals surface area contributed by atoms with E-state index >= 15 is 0 Å². The number of halogens is 2. The summed E-state index contributed by atoms with van der Waals surface area (Å²) in [6, 6.07) is 13.1. The third-order valence-corrected chi connectivity index (χ3v) is 3.35. The molecule has 0 radical (unpaired) electrons. The highest BCUT2D eigenvalue weighted by molar-refractivity contribution is 9.10. The van der Waals surface area contributed by atoms with Gasteiger partial charge >= 0.3 is 0 Å². The van der Waals surface area contributed by atoms with Gasteiger partial charge in [-0.2, -0.15) is 0 Å². The molecular weight excluding hydrogens is 309 g/mol. The van der Waals surface area contributed by atoms with Crippen LogP contribution in [0.3, 0.4) is 0 Å². The first-order valence-corrected chi connectivity index (χ1v) is 6.67. The molecule has 2 rings (SSSR count). The van der Waals surface area contributed by atoms with Gasteiger partial charge in [0, 0.05) is 10.0 Å². The molecule has 0 aliphatic carbocycles. The highest BCUT2D eigenvalue weighted by Gasteiger charge is 2.11. The predicted octanol–water partition coefficient (Wildman–Crippen LogP) is 4.08. The molecule has 0 aliphatic heterocycles. The highest BCUT2D eigenvalue weighted by atomic mass is 79.9. The van der Waals surface area contributed by atoms with Crippen LogP contribution in [0.5, 0.6) is 0 Å². The van der Waals surface area contributed by atoms with Gasteiger partial charge < -0.3 is 5.32 Å². The van der Waals surface area contributed by atoms with E-state index in [1.807, 2.05) is 31.2 Å². The molecule has 0 bridgehead atoms. The Morgan fingerprint density at radius 1 is 1.11 bits per heavy atom. The summed E-state index contributed by atoms with van der Waals surface area (Å²) in [6.45, 7) is 1.91. The van der Waals surface area contributed by atoms with E-state index in [9.17, 15) is 9.18 Å². The molecule has 2 nitrogen and oxygen atoms in total. The van der Waals surface area contributed by atoms with Crippen molar-refractivity contribution < 1.29 is 9.18 Å². The molecule has 0 saturated carbocycles. The Labute approximate surface area is 119 Å². The molecule has 0 fully saturated rings. The van der Waals surface area contributed by atoms with E-state index in [2.05, 4.69) is 21.2 Å². The van der Waals surface area contributed by atoms with Crippen LogP contribution in [0.4, 0.5) is 4.39 Å². The lowest BCUT2D eigenvalue weighted by molar-refractivity contribution is 0.0940. The molecule has 0 unspecified atom stereocenters. The van der Waals surface area contributed by atoms with Crippen LogP contribution in [0.25, 0.3) is 0 Å². The number of amides is 1. The van der Waals surface area contributed by atoms with Crippen molar-refractivity contribution >= 4 is 21.8 Å². The van der Waals surface area contributed by atoms with E-state index in [0.717, 1.165) is 10.0 Å². The van der Waals surface area contributed by atoms with Gasteiger partial charge in [-0.3, -0.25) is 4.79 Å². The smallest absolute Gasteiger partial charge is 0.251 e. The molecule has 0 aliphatic rings. The zero-order valence-corrected chi connectivity index (χ0v) is 11.9. The summed E-state index contributed by atoms with van der Waals surface area (Å²) in [5.41, 5.74) is 1.46. The van der Waals surface area contributed by atoms with Gasteiger partial charge in [-0.1, -0.05) is 28.1 Å². The summed E-state index contributed by atoms with van der Waals surface area (Å²) in [5, 5.41) is 2.87. The minimum atomic E-state index is -0.350. The third-order valence-electron chi connectivity index (χ3n) is 2.82. The standard InChI is InChI=1S/C15H13BrFNO/c1-10(11-2-6-13(16)7-3-11)18-15(19)12-4-8-14(17)9-5-12/h2-10H,1H3,(H,18,19)/t10-/m1/s1. The van der Waals surface area contributed by atoms with Crippen LogP contribution in [0.15, 0.2) is 53.0 Å². The highest BCUT2D eigenvalue weighted by Crippen LogP contribution is 2.17. The maximum absolute atomic E-state index is 12.8. The van der Waals surface area contributed by atoms with Crippen molar-refractivity contribution in [1.82, 2.24) is 5.32 Å². The molecule has 0 heterocycles. The Morgan fingerprint density at radius 3 is 2.26 bits per heavy atom. The fraction of sp³-hybridized carbons (Fsp3) is 0.133. The van der Waals surface area contributed by atoms with Gasteiger partial charge in [0.2, 0.25) is 0 Å². The molecule has 1 atom stereocenters. The maximum Gasteiger partial charge on any atom is 0.251 e. The molecular formula is C15H13BrFNO. The third kappa shape index (κ3) is 3.64. The average molecular weight is 322 g/mol. The molecule has 2 aromatic rings. The molecule has 0 saturated heterocycles. The van der Waals surface area contributed by atoms with Crippen molar-refractivity contribution in [2.24, 2.45) is 0 Å². The van der Waals surface area contributed by atoms with Gasteiger partial charge in [0.25, 0.3) is 5.91 Å². The number of rotatable bonds is 3. The number of carbonyl (C=O) groups is 1. The van der Waals surface area contributed by atoms with Gasteiger partial charge in [-0.25, -0.2) is 4.39 Å². The maximum atomic E-state index is 12.8. The molecule has 1 N–H and O–H groups in total. The topological polar surface area (TPSA) is 29.1 Å². The first-order chi connectivity index (χ1) is 9.06. The number of benzene rings is 2. The average Bonchev–Trinajstić information content (AvgIpc) is 2.40. The van der Waals surface area contributed by atoms with Gasteiger partial charge in [0.1, 0.15) is 5.82 Å². The Morgan fingerprint density at radius 2 is 1.68 bits per heavy atom. The molecule has 4 heteroatoms. The Hall–Kier alpha value is -1.68. The molecule has 1 amide bonds. The van der Waals surface area contributed by atoms with Crippen LogP contribution in [0, 0.1) is 5.82 Å². The first-order valence-electron chi connectivity index (χ1n) is 5.88. The zero-order chi connectivity index (χ0) is 13.8.